The number of alkyl halides is 1. The number of rotatable bonds is 11. The predicted octanol–water partition coefficient (Wildman–Crippen LogP) is 7.06. The van der Waals surface area contributed by atoms with Gasteiger partial charge in [-0.05, 0) is 35.7 Å². The molecule has 1 fully saturated rings. The lowest BCUT2D eigenvalue weighted by molar-refractivity contribution is 0.0444. The molecule has 11 nitrogen and oxygen atoms in total. The summed E-state index contributed by atoms with van der Waals surface area (Å²) in [6, 6.07) is 16.4. The van der Waals surface area contributed by atoms with Crippen molar-refractivity contribution in [1.29, 1.82) is 0 Å². The lowest BCUT2D eigenvalue weighted by Crippen LogP contribution is -2.32. The maximum atomic E-state index is 14.6. The minimum absolute atomic E-state index is 0.0464. The number of hydrogen-bond donors (Lipinski definition) is 3. The number of nitrogens with one attached hydrogen (secondary N) is 1. The van der Waals surface area contributed by atoms with E-state index in [1.807, 2.05) is 48.5 Å². The average molecular weight is 902 g/mol. The van der Waals surface area contributed by atoms with Crippen molar-refractivity contribution in [3.63, 3.8) is 0 Å². The summed E-state index contributed by atoms with van der Waals surface area (Å²) < 4.78 is 47.5. The summed E-state index contributed by atoms with van der Waals surface area (Å²) in [4.78, 5) is 40.9. The van der Waals surface area contributed by atoms with Gasteiger partial charge >= 0.3 is 0 Å². The third-order valence-corrected chi connectivity index (χ3v) is 10.5. The van der Waals surface area contributed by atoms with Gasteiger partial charge in [-0.2, -0.15) is 8.78 Å². The number of aromatic nitrogens is 6. The quantitative estimate of drug-likeness (QED) is 0.0919. The van der Waals surface area contributed by atoms with Crippen molar-refractivity contribution in [1.82, 2.24) is 29.1 Å². The summed E-state index contributed by atoms with van der Waals surface area (Å²) in [5.41, 5.74) is 2.26. The highest BCUT2D eigenvalue weighted by atomic mass is 79.9. The monoisotopic (exact) mass is 899 g/mol. The van der Waals surface area contributed by atoms with E-state index in [0.29, 0.717) is 6.54 Å². The minimum atomic E-state index is -1.63. The fraction of sp³-hybridized carbons (Fsp3) is 0.211. The second-order valence-corrected chi connectivity index (χ2v) is 14.7. The average Bonchev–Trinajstić information content (AvgIpc) is 3.82. The summed E-state index contributed by atoms with van der Waals surface area (Å²) in [5.74, 6) is -2.54. The van der Waals surface area contributed by atoms with Gasteiger partial charge in [0.15, 0.2) is 23.5 Å². The molecule has 1 aliphatic carbocycles. The summed E-state index contributed by atoms with van der Waals surface area (Å²) in [6.07, 6.45) is 5.16. The van der Waals surface area contributed by atoms with Crippen molar-refractivity contribution in [2.75, 3.05) is 11.9 Å². The second kappa shape index (κ2) is 17.8. The first-order chi connectivity index (χ1) is 26.4. The van der Waals surface area contributed by atoms with E-state index in [4.69, 9.17) is 11.6 Å². The van der Waals surface area contributed by atoms with Crippen LogP contribution in [0.1, 0.15) is 49.4 Å². The minimum Gasteiger partial charge on any atom is -0.396 e. The van der Waals surface area contributed by atoms with Crippen molar-refractivity contribution in [3.05, 3.63) is 157 Å². The number of aliphatic hydroxyl groups is 2. The van der Waals surface area contributed by atoms with E-state index in [1.165, 1.54) is 52.6 Å². The summed E-state index contributed by atoms with van der Waals surface area (Å²) in [6.45, 7) is 0.195. The molecule has 0 radical (unpaired) electrons. The van der Waals surface area contributed by atoms with Crippen molar-refractivity contribution in [2.24, 2.45) is 5.92 Å². The summed E-state index contributed by atoms with van der Waals surface area (Å²) in [5, 5.41) is 22.1. The molecule has 4 aromatic heterocycles. The van der Waals surface area contributed by atoms with Gasteiger partial charge in [0, 0.05) is 76.1 Å². The van der Waals surface area contributed by atoms with Crippen LogP contribution < -0.4 is 5.32 Å². The Balaban J connectivity index is 0.000000197. The van der Waals surface area contributed by atoms with E-state index in [9.17, 15) is 33.0 Å². The predicted molar refractivity (Wildman–Crippen MR) is 205 cm³/mol. The molecule has 1 saturated carbocycles. The second-order valence-electron chi connectivity index (χ2n) is 12.6. The molecule has 4 heterocycles. The van der Waals surface area contributed by atoms with Crippen LogP contribution in [0.3, 0.4) is 0 Å². The van der Waals surface area contributed by atoms with Crippen LogP contribution in [0.2, 0.25) is 5.15 Å². The number of anilines is 1. The number of aliphatic hydroxyl groups excluding tert-OH is 2. The number of ketones is 2. The number of benzene rings is 2. The molecule has 284 valence electrons. The fourth-order valence-corrected chi connectivity index (χ4v) is 7.10. The van der Waals surface area contributed by atoms with Gasteiger partial charge in [-0.25, -0.2) is 24.3 Å². The van der Waals surface area contributed by atoms with Gasteiger partial charge in [-0.3, -0.25) is 9.59 Å². The molecule has 55 heavy (non-hydrogen) atoms. The molecule has 0 bridgehead atoms. The number of hydrogen-bond acceptors (Lipinski definition) is 9. The van der Waals surface area contributed by atoms with Gasteiger partial charge in [0.05, 0.1) is 29.8 Å². The van der Waals surface area contributed by atoms with Crippen LogP contribution in [0.4, 0.5) is 19.0 Å². The number of nitrogens with zero attached hydrogens (tertiary/aromatic N) is 6. The van der Waals surface area contributed by atoms with E-state index < -0.39 is 47.7 Å². The highest BCUT2D eigenvalue weighted by Crippen LogP contribution is 2.32. The topological polar surface area (TPSA) is 148 Å². The standard InChI is InChI=1S/C22H21BrF2N4O3.C16H10BrClFN3O/c23-16-4-2-1-3-12(16)8-29-9-13(6-18(29)24)20(31)15-7-26-11-27-22(15)28-17-5-14(10-30)21(32)19(17)25;17-12-3-1-2-10(4-12)7-22-8-11(5-14(22)19)15(23)13-6-20-9-21-16(13)18/h1-4,6-7,9,11,14,17,19,21,30,32H,5,8,10H2,(H,26,27,28);1-6,8-9H,7H2/t14-,17-,19-,21-;/m1./s1. The number of carbonyl (C=O) groups is 2. The Hall–Kier alpha value is -4.74. The van der Waals surface area contributed by atoms with Crippen LogP contribution in [-0.2, 0) is 13.1 Å². The Labute approximate surface area is 334 Å². The molecule has 0 saturated heterocycles. The first-order valence-corrected chi connectivity index (χ1v) is 18.6. The van der Waals surface area contributed by atoms with E-state index in [-0.39, 0.29) is 52.8 Å². The zero-order valence-electron chi connectivity index (χ0n) is 28.5. The number of halogens is 6. The maximum Gasteiger partial charge on any atom is 0.199 e. The Kier molecular flexibility index (Phi) is 12.9. The maximum absolute atomic E-state index is 14.6. The van der Waals surface area contributed by atoms with Crippen molar-refractivity contribution in [3.8, 4) is 0 Å². The molecule has 1 aliphatic rings. The van der Waals surface area contributed by atoms with E-state index in [2.05, 4.69) is 57.1 Å². The lowest BCUT2D eigenvalue weighted by Gasteiger charge is -2.18. The van der Waals surface area contributed by atoms with Gasteiger partial charge < -0.3 is 24.7 Å². The van der Waals surface area contributed by atoms with Gasteiger partial charge in [-0.15, -0.1) is 0 Å². The smallest absolute Gasteiger partial charge is 0.199 e. The summed E-state index contributed by atoms with van der Waals surface area (Å²) in [7, 11) is 0. The van der Waals surface area contributed by atoms with Crippen LogP contribution in [0.25, 0.3) is 0 Å². The lowest BCUT2D eigenvalue weighted by atomic mass is 10.1. The van der Waals surface area contributed by atoms with Crippen LogP contribution in [0.15, 0.2) is 107 Å². The van der Waals surface area contributed by atoms with Crippen molar-refractivity contribution >= 4 is 60.8 Å². The Morgan fingerprint density at radius 3 is 2.15 bits per heavy atom. The first kappa shape index (κ1) is 39.9. The van der Waals surface area contributed by atoms with E-state index >= 15 is 0 Å². The van der Waals surface area contributed by atoms with E-state index in [0.717, 1.165) is 26.1 Å². The SMILES string of the molecule is O=C(c1cc(F)n(Cc2cccc(Br)c2)c1)c1cncnc1Cl.O=C(c1cc(F)n(Cc2ccccc2Br)c1)c1cncnc1N[C@@H]1C[C@H](CO)[C@@H](O)[C@@H]1F. The molecule has 0 spiro atoms. The van der Waals surface area contributed by atoms with Crippen LogP contribution in [0, 0.1) is 17.8 Å². The third kappa shape index (κ3) is 9.39. The van der Waals surface area contributed by atoms with Crippen LogP contribution >= 0.6 is 43.5 Å². The fourth-order valence-electron chi connectivity index (χ4n) is 6.07. The molecular formula is C38H31Br2ClF3N7O4. The zero-order valence-corrected chi connectivity index (χ0v) is 32.5. The van der Waals surface area contributed by atoms with Gasteiger partial charge in [0.25, 0.3) is 0 Å². The largest absolute Gasteiger partial charge is 0.396 e. The molecule has 3 N–H and O–H groups in total. The molecule has 2 aromatic carbocycles. The first-order valence-electron chi connectivity index (χ1n) is 16.7. The normalized spacial score (nSPS) is 17.7. The Morgan fingerprint density at radius 1 is 0.873 bits per heavy atom. The highest BCUT2D eigenvalue weighted by molar-refractivity contribution is 9.10. The Morgan fingerprint density at radius 2 is 1.51 bits per heavy atom. The van der Waals surface area contributed by atoms with Gasteiger partial charge in [-0.1, -0.05) is 73.8 Å². The third-order valence-electron chi connectivity index (χ3n) is 8.92. The van der Waals surface area contributed by atoms with Gasteiger partial charge in [0.1, 0.15) is 29.8 Å². The molecule has 0 aliphatic heterocycles. The van der Waals surface area contributed by atoms with Crippen LogP contribution in [0.5, 0.6) is 0 Å². The van der Waals surface area contributed by atoms with Crippen molar-refractivity contribution < 1.29 is 33.0 Å². The molecule has 4 atom stereocenters. The van der Waals surface area contributed by atoms with Crippen LogP contribution in [-0.4, -0.2) is 75.8 Å². The Bertz CT molecular complexity index is 2330. The molecular weight excluding hydrogens is 871 g/mol. The molecule has 0 unspecified atom stereocenters. The zero-order chi connectivity index (χ0) is 39.2. The molecule has 0 amide bonds. The highest BCUT2D eigenvalue weighted by Gasteiger charge is 2.43. The van der Waals surface area contributed by atoms with Crippen molar-refractivity contribution in [2.45, 2.75) is 37.8 Å². The van der Waals surface area contributed by atoms with E-state index in [1.54, 1.807) is 0 Å². The van der Waals surface area contributed by atoms with Gasteiger partial charge in [0.2, 0.25) is 0 Å². The molecule has 6 aromatic rings. The molecule has 17 heteroatoms. The number of carbonyl (C=O) groups excluding carboxylic acids is 2. The summed E-state index contributed by atoms with van der Waals surface area (Å²) >= 11 is 12.7. The molecule has 7 rings (SSSR count).